The molecule has 6 heteroatoms. The highest BCUT2D eigenvalue weighted by atomic mass is 32.2. The van der Waals surface area contributed by atoms with Gasteiger partial charge in [-0.2, -0.15) is 13.2 Å². The molecule has 0 aliphatic heterocycles. The van der Waals surface area contributed by atoms with Crippen LogP contribution < -0.4 is 0 Å². The Balaban J connectivity index is 2.65. The molecule has 2 nitrogen and oxygen atoms in total. The molecule has 0 heterocycles. The van der Waals surface area contributed by atoms with Gasteiger partial charge in [0.25, 0.3) is 0 Å². The molecule has 0 aromatic heterocycles. The molecular formula is C5H6F3O2S. The van der Waals surface area contributed by atoms with Crippen LogP contribution in [0.2, 0.25) is 0 Å². The molecule has 0 saturated heterocycles. The summed E-state index contributed by atoms with van der Waals surface area (Å²) in [6.45, 7) is 0. The highest BCUT2D eigenvalue weighted by Crippen LogP contribution is 2.37. The van der Waals surface area contributed by atoms with Gasteiger partial charge in [0.15, 0.2) is 0 Å². The molecule has 0 aromatic rings. The largest absolute Gasteiger partial charge is 0.497 e. The van der Waals surface area contributed by atoms with E-state index in [1.165, 1.54) is 0 Å². The van der Waals surface area contributed by atoms with Crippen molar-refractivity contribution in [1.29, 1.82) is 0 Å². The lowest BCUT2D eigenvalue weighted by atomic mass is 10.5. The number of sulfone groups is 1. The fourth-order valence-corrected chi connectivity index (χ4v) is 1.57. The van der Waals surface area contributed by atoms with Crippen molar-refractivity contribution >= 4 is 9.84 Å². The molecular weight excluding hydrogens is 181 g/mol. The van der Waals surface area contributed by atoms with Crippen molar-refractivity contribution < 1.29 is 21.6 Å². The molecule has 11 heavy (non-hydrogen) atoms. The maximum atomic E-state index is 11.6. The zero-order chi connectivity index (χ0) is 8.70. The standard InChI is InChI=1S/C5H6F3O2S/c6-5(7,8)11(9,10)3-4-1-2-4/h1-3H2. The predicted octanol–water partition coefficient (Wildman–Crippen LogP) is 1.29. The van der Waals surface area contributed by atoms with Crippen molar-refractivity contribution in [3.05, 3.63) is 5.92 Å². The highest BCUT2D eigenvalue weighted by molar-refractivity contribution is 7.92. The number of rotatable bonds is 2. The Bertz CT molecular complexity index is 237. The molecule has 1 fully saturated rings. The van der Waals surface area contributed by atoms with E-state index in [0.717, 1.165) is 0 Å². The molecule has 1 saturated carbocycles. The van der Waals surface area contributed by atoms with Gasteiger partial charge in [0.2, 0.25) is 9.84 Å². The molecule has 1 radical (unpaired) electrons. The van der Waals surface area contributed by atoms with Crippen molar-refractivity contribution in [3.63, 3.8) is 0 Å². The van der Waals surface area contributed by atoms with Crippen molar-refractivity contribution in [2.45, 2.75) is 18.3 Å². The Morgan fingerprint density at radius 1 is 1.27 bits per heavy atom. The molecule has 0 aromatic carbocycles. The number of alkyl halides is 3. The van der Waals surface area contributed by atoms with Gasteiger partial charge in [-0.3, -0.25) is 0 Å². The van der Waals surface area contributed by atoms with Crippen LogP contribution in [0.15, 0.2) is 0 Å². The van der Waals surface area contributed by atoms with Crippen molar-refractivity contribution in [1.82, 2.24) is 0 Å². The third-order valence-electron chi connectivity index (χ3n) is 1.35. The van der Waals surface area contributed by atoms with E-state index < -0.39 is 21.1 Å². The van der Waals surface area contributed by atoms with Crippen LogP contribution in [-0.4, -0.2) is 19.7 Å². The summed E-state index contributed by atoms with van der Waals surface area (Å²) in [4.78, 5) is 0. The fraction of sp³-hybridized carbons (Fsp3) is 0.800. The Labute approximate surface area is 62.3 Å². The van der Waals surface area contributed by atoms with Crippen molar-refractivity contribution in [3.8, 4) is 0 Å². The molecule has 0 unspecified atom stereocenters. The smallest absolute Gasteiger partial charge is 0.220 e. The van der Waals surface area contributed by atoms with Gasteiger partial charge in [0.05, 0.1) is 5.75 Å². The quantitative estimate of drug-likeness (QED) is 0.652. The van der Waals surface area contributed by atoms with E-state index in [9.17, 15) is 21.6 Å². The van der Waals surface area contributed by atoms with Gasteiger partial charge in [0.1, 0.15) is 0 Å². The summed E-state index contributed by atoms with van der Waals surface area (Å²) < 4.78 is 55.6. The second-order valence-corrected chi connectivity index (χ2v) is 4.44. The fourth-order valence-electron chi connectivity index (χ4n) is 0.583. The summed E-state index contributed by atoms with van der Waals surface area (Å²) in [5.74, 6) is -0.335. The summed E-state index contributed by atoms with van der Waals surface area (Å²) >= 11 is 0. The first-order valence-corrected chi connectivity index (χ1v) is 4.61. The number of hydrogen-bond acceptors (Lipinski definition) is 2. The molecule has 0 N–H and O–H groups in total. The lowest BCUT2D eigenvalue weighted by molar-refractivity contribution is -0.0433. The first-order valence-electron chi connectivity index (χ1n) is 2.95. The third-order valence-corrected chi connectivity index (χ3v) is 2.84. The Kier molecular flexibility index (Phi) is 1.90. The van der Waals surface area contributed by atoms with Crippen molar-refractivity contribution in [2.75, 3.05) is 5.75 Å². The monoisotopic (exact) mass is 187 g/mol. The second kappa shape index (κ2) is 2.36. The van der Waals surface area contributed by atoms with Crippen LogP contribution in [0.3, 0.4) is 0 Å². The zero-order valence-electron chi connectivity index (χ0n) is 5.48. The minimum absolute atomic E-state index is 0.474. The lowest BCUT2D eigenvalue weighted by Gasteiger charge is -2.05. The summed E-state index contributed by atoms with van der Waals surface area (Å²) in [7, 11) is -4.87. The summed E-state index contributed by atoms with van der Waals surface area (Å²) in [6, 6.07) is 0. The van der Waals surface area contributed by atoms with Crippen LogP contribution in [0.4, 0.5) is 13.2 Å². The minimum atomic E-state index is -5.08. The van der Waals surface area contributed by atoms with E-state index in [-0.39, 0.29) is 0 Å². The van der Waals surface area contributed by atoms with Gasteiger partial charge in [-0.15, -0.1) is 0 Å². The van der Waals surface area contributed by atoms with Crippen LogP contribution >= 0.6 is 0 Å². The number of halogens is 3. The predicted molar refractivity (Wildman–Crippen MR) is 32.3 cm³/mol. The van der Waals surface area contributed by atoms with Gasteiger partial charge >= 0.3 is 5.51 Å². The molecule has 0 amide bonds. The molecule has 0 spiro atoms. The second-order valence-electron chi connectivity index (χ2n) is 2.45. The maximum Gasteiger partial charge on any atom is 0.497 e. The normalized spacial score (nSPS) is 20.3. The topological polar surface area (TPSA) is 34.1 Å². The van der Waals surface area contributed by atoms with Crippen LogP contribution in [0.5, 0.6) is 0 Å². The van der Waals surface area contributed by atoms with Gasteiger partial charge < -0.3 is 0 Å². The van der Waals surface area contributed by atoms with E-state index in [4.69, 9.17) is 0 Å². The molecule has 1 rings (SSSR count). The summed E-state index contributed by atoms with van der Waals surface area (Å²) in [6.07, 6.45) is 1.05. The van der Waals surface area contributed by atoms with Crippen LogP contribution in [-0.2, 0) is 9.84 Å². The SMILES string of the molecule is O=S(=O)(C[C]1CC1)C(F)(F)F. The maximum absolute atomic E-state index is 11.6. The van der Waals surface area contributed by atoms with Crippen LogP contribution in [0.1, 0.15) is 12.8 Å². The van der Waals surface area contributed by atoms with E-state index in [0.29, 0.717) is 18.8 Å². The molecule has 0 atom stereocenters. The van der Waals surface area contributed by atoms with Gasteiger partial charge in [-0.25, -0.2) is 8.42 Å². The number of hydrogen-bond donors (Lipinski definition) is 0. The Morgan fingerprint density at radius 2 is 1.73 bits per heavy atom. The molecule has 1 aliphatic carbocycles. The van der Waals surface area contributed by atoms with E-state index in [1.54, 1.807) is 0 Å². The minimum Gasteiger partial charge on any atom is -0.220 e. The van der Waals surface area contributed by atoms with Crippen LogP contribution in [0.25, 0.3) is 0 Å². The molecule has 65 valence electrons. The lowest BCUT2D eigenvalue weighted by Crippen LogP contribution is -2.26. The van der Waals surface area contributed by atoms with Gasteiger partial charge in [-0.05, 0) is 18.8 Å². The highest BCUT2D eigenvalue weighted by Gasteiger charge is 2.48. The summed E-state index contributed by atoms with van der Waals surface area (Å²) in [5, 5.41) is 0. The van der Waals surface area contributed by atoms with E-state index >= 15 is 0 Å². The first kappa shape index (κ1) is 8.83. The van der Waals surface area contributed by atoms with Gasteiger partial charge in [0, 0.05) is 0 Å². The zero-order valence-corrected chi connectivity index (χ0v) is 6.30. The summed E-state index contributed by atoms with van der Waals surface area (Å²) in [5.41, 5.74) is -5.08. The average molecular weight is 187 g/mol. The first-order chi connectivity index (χ1) is 4.83. The average Bonchev–Trinajstić information content (AvgIpc) is 2.45. The van der Waals surface area contributed by atoms with Crippen LogP contribution in [0, 0.1) is 5.92 Å². The van der Waals surface area contributed by atoms with E-state index in [2.05, 4.69) is 0 Å². The Morgan fingerprint density at radius 3 is 2.00 bits per heavy atom. The third kappa shape index (κ3) is 2.08. The Hall–Kier alpha value is -0.260. The van der Waals surface area contributed by atoms with Crippen molar-refractivity contribution in [2.24, 2.45) is 0 Å². The molecule has 1 aliphatic rings. The van der Waals surface area contributed by atoms with Gasteiger partial charge in [-0.1, -0.05) is 0 Å². The van der Waals surface area contributed by atoms with E-state index in [1.807, 2.05) is 0 Å². The molecule has 0 bridgehead atoms.